The molecule has 4 aromatic rings. The Balaban J connectivity index is 1.58. The van der Waals surface area contributed by atoms with Gasteiger partial charge < -0.3 is 4.90 Å². The van der Waals surface area contributed by atoms with Crippen LogP contribution in [0, 0.1) is 5.82 Å². The van der Waals surface area contributed by atoms with Crippen LogP contribution in [0.4, 0.5) is 17.6 Å². The van der Waals surface area contributed by atoms with E-state index in [1.165, 1.54) is 35.4 Å². The Morgan fingerprint density at radius 1 is 1.12 bits per heavy atom. The smallest absolute Gasteiger partial charge is 0.340 e. The van der Waals surface area contributed by atoms with Gasteiger partial charge in [0.05, 0.1) is 17.4 Å². The third-order valence-electron chi connectivity index (χ3n) is 5.04. The number of likely N-dealkylation sites (N-methyl/N-ethyl adjacent to an activating group) is 1. The summed E-state index contributed by atoms with van der Waals surface area (Å²) >= 11 is 0. The van der Waals surface area contributed by atoms with Crippen molar-refractivity contribution in [3.05, 3.63) is 88.4 Å². The molecule has 11 heteroatoms. The topological polar surface area (TPSA) is 73.0 Å². The monoisotopic (exact) mass is 459 g/mol. The fraction of sp³-hybridized carbons (Fsp3) is 0.182. The van der Waals surface area contributed by atoms with E-state index >= 15 is 0 Å². The van der Waals surface area contributed by atoms with Crippen molar-refractivity contribution in [1.29, 1.82) is 0 Å². The number of carbonyl (C=O) groups excluding carboxylic acids is 1. The highest BCUT2D eigenvalue weighted by Crippen LogP contribution is 2.30. The SMILES string of the molecule is CN(Cc1ccc(F)cc1)C(=O)Cn1cnc2c(cnn2-c2cccc(C(F)(F)F)c2)c1=O. The van der Waals surface area contributed by atoms with Crippen molar-refractivity contribution in [2.75, 3.05) is 7.05 Å². The second-order valence-corrected chi connectivity index (χ2v) is 7.40. The van der Waals surface area contributed by atoms with Crippen LogP contribution in [-0.2, 0) is 24.1 Å². The van der Waals surface area contributed by atoms with E-state index in [4.69, 9.17) is 0 Å². The molecule has 2 aromatic heterocycles. The van der Waals surface area contributed by atoms with Gasteiger partial charge in [0.15, 0.2) is 5.65 Å². The van der Waals surface area contributed by atoms with Gasteiger partial charge in [-0.15, -0.1) is 0 Å². The maximum atomic E-state index is 13.0. The normalized spacial score (nSPS) is 11.7. The van der Waals surface area contributed by atoms with Gasteiger partial charge in [-0.2, -0.15) is 18.3 Å². The van der Waals surface area contributed by atoms with Crippen molar-refractivity contribution in [2.45, 2.75) is 19.3 Å². The van der Waals surface area contributed by atoms with E-state index in [9.17, 15) is 27.2 Å². The Bertz CT molecular complexity index is 1380. The van der Waals surface area contributed by atoms with Gasteiger partial charge in [-0.05, 0) is 35.9 Å². The van der Waals surface area contributed by atoms with E-state index < -0.39 is 17.3 Å². The average molecular weight is 459 g/mol. The molecule has 1 amide bonds. The highest BCUT2D eigenvalue weighted by atomic mass is 19.4. The molecule has 170 valence electrons. The first-order chi connectivity index (χ1) is 15.6. The number of hydrogen-bond acceptors (Lipinski definition) is 4. The second-order valence-electron chi connectivity index (χ2n) is 7.40. The summed E-state index contributed by atoms with van der Waals surface area (Å²) in [7, 11) is 1.55. The molecule has 0 unspecified atom stereocenters. The lowest BCUT2D eigenvalue weighted by Gasteiger charge is -2.18. The Kier molecular flexibility index (Phi) is 5.71. The number of alkyl halides is 3. The lowest BCUT2D eigenvalue weighted by Crippen LogP contribution is -2.33. The molecule has 33 heavy (non-hydrogen) atoms. The fourth-order valence-electron chi connectivity index (χ4n) is 3.28. The molecule has 0 saturated heterocycles. The number of amides is 1. The first-order valence-electron chi connectivity index (χ1n) is 9.72. The van der Waals surface area contributed by atoms with Crippen LogP contribution in [0.15, 0.2) is 65.8 Å². The van der Waals surface area contributed by atoms with Gasteiger partial charge in [0.1, 0.15) is 24.1 Å². The van der Waals surface area contributed by atoms with Gasteiger partial charge in [-0.1, -0.05) is 18.2 Å². The summed E-state index contributed by atoms with van der Waals surface area (Å²) in [6.45, 7) is -0.0782. The predicted octanol–water partition coefficient (Wildman–Crippen LogP) is 3.40. The molecule has 0 bridgehead atoms. The Hall–Kier alpha value is -4.02. The molecule has 2 aromatic carbocycles. The second kappa shape index (κ2) is 8.49. The molecule has 7 nitrogen and oxygen atoms in total. The summed E-state index contributed by atoms with van der Waals surface area (Å²) in [5.74, 6) is -0.766. The Morgan fingerprint density at radius 3 is 2.55 bits per heavy atom. The minimum Gasteiger partial charge on any atom is -0.340 e. The van der Waals surface area contributed by atoms with E-state index in [2.05, 4.69) is 10.1 Å². The summed E-state index contributed by atoms with van der Waals surface area (Å²) in [6.07, 6.45) is -2.17. The van der Waals surface area contributed by atoms with Crippen molar-refractivity contribution in [2.24, 2.45) is 0 Å². The largest absolute Gasteiger partial charge is 0.416 e. The van der Waals surface area contributed by atoms with Crippen LogP contribution in [0.1, 0.15) is 11.1 Å². The van der Waals surface area contributed by atoms with Crippen LogP contribution in [0.3, 0.4) is 0 Å². The van der Waals surface area contributed by atoms with E-state index in [0.29, 0.717) is 0 Å². The Labute approximate surface area is 184 Å². The van der Waals surface area contributed by atoms with Crippen LogP contribution in [-0.4, -0.2) is 37.2 Å². The highest BCUT2D eigenvalue weighted by molar-refractivity contribution is 5.78. The predicted molar refractivity (Wildman–Crippen MR) is 111 cm³/mol. The third kappa shape index (κ3) is 4.61. The molecule has 0 aliphatic carbocycles. The van der Waals surface area contributed by atoms with Crippen molar-refractivity contribution in [3.63, 3.8) is 0 Å². The number of carbonyl (C=O) groups is 1. The van der Waals surface area contributed by atoms with Crippen molar-refractivity contribution >= 4 is 16.9 Å². The fourth-order valence-corrected chi connectivity index (χ4v) is 3.28. The van der Waals surface area contributed by atoms with E-state index in [1.54, 1.807) is 19.2 Å². The standard InChI is InChI=1S/C22H17F4N5O2/c1-29(11-14-5-7-16(23)8-6-14)19(32)12-30-13-27-20-18(21(30)33)10-28-31(20)17-4-2-3-15(9-17)22(24,25)26/h2-10,13H,11-12H2,1H3. The lowest BCUT2D eigenvalue weighted by molar-refractivity contribution is -0.137. The van der Waals surface area contributed by atoms with Gasteiger partial charge in [0.25, 0.3) is 5.56 Å². The third-order valence-corrected chi connectivity index (χ3v) is 5.04. The molecule has 0 aliphatic heterocycles. The van der Waals surface area contributed by atoms with E-state index in [1.807, 2.05) is 0 Å². The quantitative estimate of drug-likeness (QED) is 0.429. The molecule has 2 heterocycles. The summed E-state index contributed by atoms with van der Waals surface area (Å²) in [6, 6.07) is 10.2. The molecule has 0 aliphatic rings. The van der Waals surface area contributed by atoms with Crippen LogP contribution in [0.5, 0.6) is 0 Å². The first kappa shape index (κ1) is 22.2. The van der Waals surface area contributed by atoms with E-state index in [0.717, 1.165) is 33.3 Å². The zero-order valence-corrected chi connectivity index (χ0v) is 17.3. The number of halogens is 4. The maximum Gasteiger partial charge on any atom is 0.416 e. The number of nitrogens with zero attached hydrogens (tertiary/aromatic N) is 5. The Morgan fingerprint density at radius 2 is 1.85 bits per heavy atom. The van der Waals surface area contributed by atoms with Crippen molar-refractivity contribution in [3.8, 4) is 5.69 Å². The molecule has 0 atom stereocenters. The van der Waals surface area contributed by atoms with Gasteiger partial charge in [-0.25, -0.2) is 14.1 Å². The average Bonchev–Trinajstić information content (AvgIpc) is 3.21. The first-order valence-corrected chi connectivity index (χ1v) is 9.72. The van der Waals surface area contributed by atoms with Gasteiger partial charge >= 0.3 is 6.18 Å². The zero-order valence-electron chi connectivity index (χ0n) is 17.3. The van der Waals surface area contributed by atoms with E-state index in [-0.39, 0.29) is 41.5 Å². The summed E-state index contributed by atoms with van der Waals surface area (Å²) in [5.41, 5.74) is -0.522. The molecule has 0 saturated carbocycles. The number of aromatic nitrogens is 4. The number of rotatable bonds is 5. The molecule has 4 rings (SSSR count). The number of fused-ring (bicyclic) bond motifs is 1. The van der Waals surface area contributed by atoms with Crippen molar-refractivity contribution in [1.82, 2.24) is 24.2 Å². The lowest BCUT2D eigenvalue weighted by atomic mass is 10.2. The van der Waals surface area contributed by atoms with Crippen LogP contribution < -0.4 is 5.56 Å². The minimum atomic E-state index is -4.53. The molecule has 0 spiro atoms. The molecular weight excluding hydrogens is 442 g/mol. The molecule has 0 radical (unpaired) electrons. The van der Waals surface area contributed by atoms with Gasteiger partial charge in [0, 0.05) is 13.6 Å². The zero-order chi connectivity index (χ0) is 23.8. The summed E-state index contributed by atoms with van der Waals surface area (Å²) < 4.78 is 54.4. The van der Waals surface area contributed by atoms with Crippen LogP contribution in [0.25, 0.3) is 16.7 Å². The van der Waals surface area contributed by atoms with Gasteiger partial charge in [0.2, 0.25) is 5.91 Å². The van der Waals surface area contributed by atoms with Gasteiger partial charge in [-0.3, -0.25) is 14.2 Å². The maximum absolute atomic E-state index is 13.0. The number of benzene rings is 2. The minimum absolute atomic E-state index is 0.0592. The van der Waals surface area contributed by atoms with Crippen LogP contribution in [0.2, 0.25) is 0 Å². The summed E-state index contributed by atoms with van der Waals surface area (Å²) in [4.78, 5) is 30.9. The van der Waals surface area contributed by atoms with Crippen LogP contribution >= 0.6 is 0 Å². The summed E-state index contributed by atoms with van der Waals surface area (Å²) in [5, 5.41) is 4.07. The molecular formula is C22H17F4N5O2. The highest BCUT2D eigenvalue weighted by Gasteiger charge is 2.30. The molecule has 0 fully saturated rings. The number of hydrogen-bond donors (Lipinski definition) is 0. The molecule has 0 N–H and O–H groups in total. The van der Waals surface area contributed by atoms with Crippen molar-refractivity contribution < 1.29 is 22.4 Å².